The summed E-state index contributed by atoms with van der Waals surface area (Å²) in [6.45, 7) is 1.17. The van der Waals surface area contributed by atoms with Crippen LogP contribution in [-0.4, -0.2) is 11.0 Å². The molecule has 0 aliphatic rings. The van der Waals surface area contributed by atoms with Crippen LogP contribution >= 0.6 is 0 Å². The van der Waals surface area contributed by atoms with Crippen molar-refractivity contribution >= 4 is 16.9 Å². The van der Waals surface area contributed by atoms with Crippen molar-refractivity contribution in [2.75, 3.05) is 0 Å². The van der Waals surface area contributed by atoms with Crippen molar-refractivity contribution in [1.82, 2.24) is 4.98 Å². The normalized spacial score (nSPS) is 10.4. The molecule has 0 unspecified atom stereocenters. The molecule has 0 atom stereocenters. The van der Waals surface area contributed by atoms with Crippen LogP contribution in [0.15, 0.2) is 29.1 Å². The molecule has 0 bridgehead atoms. The highest BCUT2D eigenvalue weighted by molar-refractivity contribution is 5.86. The Kier molecular flexibility index (Phi) is 2.44. The minimum Gasteiger partial charge on any atom is -0.421 e. The molecule has 0 spiro atoms. The molecule has 0 fully saturated rings. The predicted octanol–water partition coefficient (Wildman–Crippen LogP) is 1.59. The lowest BCUT2D eigenvalue weighted by Gasteiger charge is -2.06. The second kappa shape index (κ2) is 3.77. The molecular formula is C11H8FNO3. The molecule has 82 valence electrons. The van der Waals surface area contributed by atoms with E-state index in [1.807, 2.05) is 0 Å². The van der Waals surface area contributed by atoms with Gasteiger partial charge in [-0.2, -0.15) is 0 Å². The number of pyridine rings is 1. The second-order valence-corrected chi connectivity index (χ2v) is 3.26. The van der Waals surface area contributed by atoms with Gasteiger partial charge in [-0.1, -0.05) is 0 Å². The van der Waals surface area contributed by atoms with Crippen LogP contribution in [0.3, 0.4) is 0 Å². The number of carbonyl (C=O) groups is 1. The molecule has 5 heteroatoms. The number of esters is 1. The van der Waals surface area contributed by atoms with Gasteiger partial charge >= 0.3 is 5.97 Å². The van der Waals surface area contributed by atoms with Crippen LogP contribution in [-0.2, 0) is 4.79 Å². The monoisotopic (exact) mass is 221 g/mol. The Bertz CT molecular complexity index is 618. The number of carbonyl (C=O) groups excluding carboxylic acids is 1. The number of nitrogens with one attached hydrogen (secondary N) is 1. The van der Waals surface area contributed by atoms with Crippen molar-refractivity contribution in [2.45, 2.75) is 6.92 Å². The van der Waals surface area contributed by atoms with E-state index in [1.165, 1.54) is 31.2 Å². The first-order valence-electron chi connectivity index (χ1n) is 4.58. The Morgan fingerprint density at radius 3 is 2.69 bits per heavy atom. The fourth-order valence-corrected chi connectivity index (χ4v) is 1.41. The van der Waals surface area contributed by atoms with Crippen LogP contribution < -0.4 is 10.3 Å². The van der Waals surface area contributed by atoms with Gasteiger partial charge in [0.05, 0.1) is 5.52 Å². The molecule has 2 rings (SSSR count). The zero-order valence-corrected chi connectivity index (χ0v) is 8.41. The first-order valence-corrected chi connectivity index (χ1v) is 4.58. The lowest BCUT2D eigenvalue weighted by molar-refractivity contribution is -0.132. The van der Waals surface area contributed by atoms with Gasteiger partial charge in [0.25, 0.3) is 0 Å². The number of hydrogen-bond acceptors (Lipinski definition) is 3. The molecular weight excluding hydrogens is 213 g/mol. The second-order valence-electron chi connectivity index (χ2n) is 3.26. The van der Waals surface area contributed by atoms with Gasteiger partial charge in [0.15, 0.2) is 11.6 Å². The Balaban J connectivity index is 2.77. The zero-order chi connectivity index (χ0) is 11.7. The molecule has 0 amide bonds. The predicted molar refractivity (Wildman–Crippen MR) is 55.8 cm³/mol. The summed E-state index contributed by atoms with van der Waals surface area (Å²) < 4.78 is 18.1. The number of aromatic nitrogens is 1. The Hall–Kier alpha value is -2.17. The molecule has 1 aromatic heterocycles. The van der Waals surface area contributed by atoms with Gasteiger partial charge in [0.2, 0.25) is 5.56 Å². The standard InChI is InChI=1S/C11H8FNO3/c1-6(14)16-11-8(12)4-2-7-3-5-9(15)13-10(7)11/h2-5H,1H3,(H,13,15). The first kappa shape index (κ1) is 10.4. The number of fused-ring (bicyclic) bond motifs is 1. The lowest BCUT2D eigenvalue weighted by Crippen LogP contribution is -2.08. The molecule has 0 saturated carbocycles. The van der Waals surface area contributed by atoms with Crippen molar-refractivity contribution in [3.8, 4) is 5.75 Å². The number of hydrogen-bond donors (Lipinski definition) is 1. The molecule has 0 aliphatic heterocycles. The van der Waals surface area contributed by atoms with E-state index in [4.69, 9.17) is 4.74 Å². The van der Waals surface area contributed by atoms with E-state index in [0.29, 0.717) is 5.39 Å². The summed E-state index contributed by atoms with van der Waals surface area (Å²) in [7, 11) is 0. The minimum atomic E-state index is -0.690. The highest BCUT2D eigenvalue weighted by atomic mass is 19.1. The maximum Gasteiger partial charge on any atom is 0.308 e. The third-order valence-corrected chi connectivity index (χ3v) is 2.05. The minimum absolute atomic E-state index is 0.183. The van der Waals surface area contributed by atoms with Crippen molar-refractivity contribution in [1.29, 1.82) is 0 Å². The van der Waals surface area contributed by atoms with Crippen LogP contribution in [0.2, 0.25) is 0 Å². The maximum absolute atomic E-state index is 13.4. The summed E-state index contributed by atoms with van der Waals surface area (Å²) in [4.78, 5) is 24.4. The lowest BCUT2D eigenvalue weighted by atomic mass is 10.2. The fraction of sp³-hybridized carbons (Fsp3) is 0.0909. The Labute approximate surface area is 89.7 Å². The first-order chi connectivity index (χ1) is 7.58. The van der Waals surface area contributed by atoms with E-state index in [2.05, 4.69) is 4.98 Å². The van der Waals surface area contributed by atoms with Crippen molar-refractivity contribution in [3.63, 3.8) is 0 Å². The molecule has 4 nitrogen and oxygen atoms in total. The van der Waals surface area contributed by atoms with Gasteiger partial charge in [-0.05, 0) is 18.2 Å². The smallest absolute Gasteiger partial charge is 0.308 e. The zero-order valence-electron chi connectivity index (χ0n) is 8.41. The third-order valence-electron chi connectivity index (χ3n) is 2.05. The van der Waals surface area contributed by atoms with Crippen molar-refractivity contribution in [2.24, 2.45) is 0 Å². The third kappa shape index (κ3) is 1.79. The van der Waals surface area contributed by atoms with Gasteiger partial charge < -0.3 is 9.72 Å². The SMILES string of the molecule is CC(=O)Oc1c(F)ccc2ccc(=O)[nH]c12. The summed E-state index contributed by atoms with van der Waals surface area (Å²) in [6.07, 6.45) is 0. The van der Waals surface area contributed by atoms with E-state index in [0.717, 1.165) is 0 Å². The van der Waals surface area contributed by atoms with Crippen LogP contribution in [0.1, 0.15) is 6.92 Å². The Morgan fingerprint density at radius 1 is 1.31 bits per heavy atom. The van der Waals surface area contributed by atoms with Crippen LogP contribution in [0.25, 0.3) is 10.9 Å². The molecule has 0 saturated heterocycles. The molecule has 0 aliphatic carbocycles. The number of H-pyrrole nitrogens is 1. The summed E-state index contributed by atoms with van der Waals surface area (Å²) in [5.74, 6) is -1.58. The number of ether oxygens (including phenoxy) is 1. The quantitative estimate of drug-likeness (QED) is 0.587. The van der Waals surface area contributed by atoms with Gasteiger partial charge in [0.1, 0.15) is 0 Å². The Morgan fingerprint density at radius 2 is 2.00 bits per heavy atom. The van der Waals surface area contributed by atoms with E-state index < -0.39 is 11.8 Å². The average molecular weight is 221 g/mol. The van der Waals surface area contributed by atoms with Gasteiger partial charge in [-0.25, -0.2) is 4.39 Å². The van der Waals surface area contributed by atoms with Crippen LogP contribution in [0.5, 0.6) is 5.75 Å². The largest absolute Gasteiger partial charge is 0.421 e. The molecule has 1 heterocycles. The summed E-state index contributed by atoms with van der Waals surface area (Å²) in [5.41, 5.74) is -0.200. The highest BCUT2D eigenvalue weighted by Crippen LogP contribution is 2.26. The van der Waals surface area contributed by atoms with Gasteiger partial charge in [-0.15, -0.1) is 0 Å². The van der Waals surface area contributed by atoms with Crippen molar-refractivity contribution in [3.05, 3.63) is 40.4 Å². The maximum atomic E-state index is 13.4. The fourth-order valence-electron chi connectivity index (χ4n) is 1.41. The molecule has 0 radical (unpaired) electrons. The summed E-state index contributed by atoms with van der Waals surface area (Å²) in [6, 6.07) is 5.52. The van der Waals surface area contributed by atoms with E-state index in [-0.39, 0.29) is 16.8 Å². The molecule has 16 heavy (non-hydrogen) atoms. The summed E-state index contributed by atoms with van der Waals surface area (Å²) in [5, 5.41) is 0.595. The highest BCUT2D eigenvalue weighted by Gasteiger charge is 2.11. The van der Waals surface area contributed by atoms with Crippen LogP contribution in [0, 0.1) is 5.82 Å². The number of halogens is 1. The topological polar surface area (TPSA) is 59.2 Å². The van der Waals surface area contributed by atoms with Gasteiger partial charge in [0, 0.05) is 18.4 Å². The summed E-state index contributed by atoms with van der Waals surface area (Å²) >= 11 is 0. The number of aromatic amines is 1. The average Bonchev–Trinajstić information content (AvgIpc) is 2.22. The van der Waals surface area contributed by atoms with Crippen LogP contribution in [0.4, 0.5) is 4.39 Å². The van der Waals surface area contributed by atoms with E-state index in [1.54, 1.807) is 0 Å². The molecule has 2 aromatic rings. The number of rotatable bonds is 1. The van der Waals surface area contributed by atoms with E-state index >= 15 is 0 Å². The molecule has 1 N–H and O–H groups in total. The molecule has 1 aromatic carbocycles. The van der Waals surface area contributed by atoms with Crippen molar-refractivity contribution < 1.29 is 13.9 Å². The van der Waals surface area contributed by atoms with E-state index in [9.17, 15) is 14.0 Å². The van der Waals surface area contributed by atoms with Gasteiger partial charge in [-0.3, -0.25) is 9.59 Å². The number of benzene rings is 1.